The molecule has 0 saturated carbocycles. The van der Waals surface area contributed by atoms with Crippen molar-refractivity contribution >= 4 is 39.0 Å². The molecule has 7 heteroatoms. The molecule has 2 N–H and O–H groups in total. The minimum atomic E-state index is -0.399. The number of hydrogen-bond acceptors (Lipinski definition) is 5. The van der Waals surface area contributed by atoms with Crippen LogP contribution in [-0.2, 0) is 0 Å². The number of aromatic amines is 1. The van der Waals surface area contributed by atoms with Gasteiger partial charge in [0.1, 0.15) is 11.4 Å². The molecular formula is C18H14N4O3. The van der Waals surface area contributed by atoms with Crippen molar-refractivity contribution in [3.63, 3.8) is 0 Å². The van der Waals surface area contributed by atoms with Crippen LogP contribution in [0.2, 0.25) is 0 Å². The van der Waals surface area contributed by atoms with Gasteiger partial charge in [0.25, 0.3) is 5.69 Å². The molecule has 0 unspecified atom stereocenters. The predicted octanol–water partition coefficient (Wildman–Crippen LogP) is 4.38. The molecule has 0 saturated heterocycles. The van der Waals surface area contributed by atoms with Crippen LogP contribution >= 0.6 is 0 Å². The molecule has 25 heavy (non-hydrogen) atoms. The molecule has 2 aromatic heterocycles. The summed E-state index contributed by atoms with van der Waals surface area (Å²) in [5.41, 5.74) is 3.18. The smallest absolute Gasteiger partial charge is 0.270 e. The van der Waals surface area contributed by atoms with E-state index in [2.05, 4.69) is 15.3 Å². The number of hydrogen-bond donors (Lipinski definition) is 2. The van der Waals surface area contributed by atoms with E-state index in [-0.39, 0.29) is 5.69 Å². The van der Waals surface area contributed by atoms with Gasteiger partial charge >= 0.3 is 0 Å². The number of aromatic nitrogens is 2. The summed E-state index contributed by atoms with van der Waals surface area (Å²) in [6.45, 7) is 0. The van der Waals surface area contributed by atoms with Gasteiger partial charge in [0.05, 0.1) is 23.1 Å². The molecule has 0 atom stereocenters. The first-order valence-electron chi connectivity index (χ1n) is 7.61. The van der Waals surface area contributed by atoms with E-state index in [4.69, 9.17) is 4.74 Å². The number of nitro benzene ring substituents is 1. The summed E-state index contributed by atoms with van der Waals surface area (Å²) in [4.78, 5) is 18.2. The first-order chi connectivity index (χ1) is 12.2. The van der Waals surface area contributed by atoms with Gasteiger partial charge in [-0.1, -0.05) is 6.07 Å². The number of methoxy groups -OCH3 is 1. The van der Waals surface area contributed by atoms with Crippen LogP contribution in [0, 0.1) is 10.1 Å². The number of anilines is 2. The van der Waals surface area contributed by atoms with Crippen LogP contribution in [0.15, 0.2) is 54.7 Å². The molecule has 4 aromatic rings. The number of non-ortho nitro benzene ring substituents is 1. The third kappa shape index (κ3) is 2.61. The number of fused-ring (bicyclic) bond motifs is 3. The fraction of sp³-hybridized carbons (Fsp3) is 0.0556. The normalized spacial score (nSPS) is 10.9. The third-order valence-corrected chi connectivity index (χ3v) is 4.04. The lowest BCUT2D eigenvalue weighted by Crippen LogP contribution is -1.93. The van der Waals surface area contributed by atoms with Crippen molar-refractivity contribution in [2.75, 3.05) is 12.4 Å². The van der Waals surface area contributed by atoms with Crippen LogP contribution in [0.5, 0.6) is 5.75 Å². The van der Waals surface area contributed by atoms with Gasteiger partial charge in [0.2, 0.25) is 0 Å². The van der Waals surface area contributed by atoms with Gasteiger partial charge < -0.3 is 15.0 Å². The maximum Gasteiger partial charge on any atom is 0.270 e. The fourth-order valence-electron chi connectivity index (χ4n) is 2.88. The largest absolute Gasteiger partial charge is 0.497 e. The van der Waals surface area contributed by atoms with Crippen LogP contribution in [0.3, 0.4) is 0 Å². The Bertz CT molecular complexity index is 1100. The molecule has 4 rings (SSSR count). The van der Waals surface area contributed by atoms with Crippen molar-refractivity contribution in [2.45, 2.75) is 0 Å². The summed E-state index contributed by atoms with van der Waals surface area (Å²) in [5.74, 6) is 0.741. The lowest BCUT2D eigenvalue weighted by molar-refractivity contribution is -0.384. The quantitative estimate of drug-likeness (QED) is 0.427. The van der Waals surface area contributed by atoms with Crippen molar-refractivity contribution in [1.29, 1.82) is 0 Å². The number of nitrogens with zero attached hydrogens (tertiary/aromatic N) is 2. The van der Waals surface area contributed by atoms with Crippen molar-refractivity contribution in [1.82, 2.24) is 9.97 Å². The molecule has 0 bridgehead atoms. The highest BCUT2D eigenvalue weighted by Gasteiger charge is 2.14. The standard InChI is InChI=1S/C18H14N4O3/c1-25-13-4-2-3-11(9-13)20-16-7-8-19-18-17(16)14-10-12(22(23)24)5-6-15(14)21-18/h2-10H,1H3,(H2,19,20,21). The van der Waals surface area contributed by atoms with Crippen LogP contribution < -0.4 is 10.1 Å². The summed E-state index contributed by atoms with van der Waals surface area (Å²) >= 11 is 0. The van der Waals surface area contributed by atoms with Crippen LogP contribution in [0.1, 0.15) is 0 Å². The second-order valence-corrected chi connectivity index (χ2v) is 5.55. The highest BCUT2D eigenvalue weighted by molar-refractivity contribution is 6.13. The molecule has 0 radical (unpaired) electrons. The van der Waals surface area contributed by atoms with E-state index in [0.29, 0.717) is 5.65 Å². The Hall–Kier alpha value is -3.61. The van der Waals surface area contributed by atoms with E-state index in [1.165, 1.54) is 6.07 Å². The maximum absolute atomic E-state index is 11.1. The number of nitro groups is 1. The zero-order valence-corrected chi connectivity index (χ0v) is 13.3. The molecular weight excluding hydrogens is 320 g/mol. The number of rotatable bonds is 4. The average Bonchev–Trinajstić information content (AvgIpc) is 3.00. The van der Waals surface area contributed by atoms with Gasteiger partial charge in [-0.2, -0.15) is 0 Å². The number of pyridine rings is 1. The second kappa shape index (κ2) is 5.79. The molecule has 0 amide bonds. The van der Waals surface area contributed by atoms with Crippen molar-refractivity contribution in [3.8, 4) is 5.75 Å². The number of ether oxygens (including phenoxy) is 1. The highest BCUT2D eigenvalue weighted by Crippen LogP contribution is 2.34. The van der Waals surface area contributed by atoms with Gasteiger partial charge in [-0.3, -0.25) is 10.1 Å². The first-order valence-corrected chi connectivity index (χ1v) is 7.61. The summed E-state index contributed by atoms with van der Waals surface area (Å²) in [5, 5.41) is 16.0. The minimum Gasteiger partial charge on any atom is -0.497 e. The third-order valence-electron chi connectivity index (χ3n) is 4.04. The van der Waals surface area contributed by atoms with Crippen LogP contribution in [-0.4, -0.2) is 22.0 Å². The molecule has 0 aliphatic rings. The Morgan fingerprint density at radius 1 is 1.20 bits per heavy atom. The van der Waals surface area contributed by atoms with Crippen molar-refractivity contribution < 1.29 is 9.66 Å². The Kier molecular flexibility index (Phi) is 3.46. The summed E-state index contributed by atoms with van der Waals surface area (Å²) in [6.07, 6.45) is 1.69. The second-order valence-electron chi connectivity index (χ2n) is 5.55. The van der Waals surface area contributed by atoms with Crippen molar-refractivity contribution in [2.24, 2.45) is 0 Å². The predicted molar refractivity (Wildman–Crippen MR) is 96.5 cm³/mol. The van der Waals surface area contributed by atoms with Crippen LogP contribution in [0.4, 0.5) is 17.1 Å². The lowest BCUT2D eigenvalue weighted by Gasteiger charge is -2.09. The lowest BCUT2D eigenvalue weighted by atomic mass is 10.1. The van der Waals surface area contributed by atoms with E-state index in [1.807, 2.05) is 30.3 Å². The Morgan fingerprint density at radius 3 is 2.88 bits per heavy atom. The summed E-state index contributed by atoms with van der Waals surface area (Å²) in [7, 11) is 1.61. The van der Waals surface area contributed by atoms with Gasteiger partial charge in [-0.25, -0.2) is 4.98 Å². The summed E-state index contributed by atoms with van der Waals surface area (Å²) < 4.78 is 5.24. The molecule has 0 spiro atoms. The monoisotopic (exact) mass is 334 g/mol. The zero-order chi connectivity index (χ0) is 17.4. The first kappa shape index (κ1) is 14.9. The molecule has 0 aliphatic carbocycles. The minimum absolute atomic E-state index is 0.0459. The SMILES string of the molecule is COc1cccc(Nc2ccnc3[nH]c4ccc([N+](=O)[O-])cc4c23)c1. The average molecular weight is 334 g/mol. The van der Waals surface area contributed by atoms with E-state index in [1.54, 1.807) is 25.4 Å². The summed E-state index contributed by atoms with van der Waals surface area (Å²) in [6, 6.07) is 14.1. The molecule has 0 fully saturated rings. The van der Waals surface area contributed by atoms with Crippen LogP contribution in [0.25, 0.3) is 21.9 Å². The van der Waals surface area contributed by atoms with E-state index < -0.39 is 4.92 Å². The van der Waals surface area contributed by atoms with Gasteiger partial charge in [-0.15, -0.1) is 0 Å². The highest BCUT2D eigenvalue weighted by atomic mass is 16.6. The Labute approximate surface area is 142 Å². The molecule has 2 aromatic carbocycles. The van der Waals surface area contributed by atoms with E-state index in [9.17, 15) is 10.1 Å². The van der Waals surface area contributed by atoms with Gasteiger partial charge in [0, 0.05) is 41.0 Å². The molecule has 2 heterocycles. The van der Waals surface area contributed by atoms with E-state index in [0.717, 1.165) is 33.4 Å². The number of H-pyrrole nitrogens is 1. The maximum atomic E-state index is 11.1. The fourth-order valence-corrected chi connectivity index (χ4v) is 2.88. The van der Waals surface area contributed by atoms with Gasteiger partial charge in [-0.05, 0) is 24.3 Å². The molecule has 7 nitrogen and oxygen atoms in total. The van der Waals surface area contributed by atoms with E-state index >= 15 is 0 Å². The number of benzene rings is 2. The molecule has 124 valence electrons. The van der Waals surface area contributed by atoms with Crippen molar-refractivity contribution in [3.05, 3.63) is 64.8 Å². The zero-order valence-electron chi connectivity index (χ0n) is 13.3. The Morgan fingerprint density at radius 2 is 2.08 bits per heavy atom. The topological polar surface area (TPSA) is 93.1 Å². The van der Waals surface area contributed by atoms with Gasteiger partial charge in [0.15, 0.2) is 0 Å². The number of nitrogens with one attached hydrogen (secondary N) is 2. The Balaban J connectivity index is 1.89. The molecule has 0 aliphatic heterocycles.